The summed E-state index contributed by atoms with van der Waals surface area (Å²) < 4.78 is 0.870. The van der Waals surface area contributed by atoms with Crippen LogP contribution in [-0.2, 0) is 0 Å². The largest absolute Gasteiger partial charge is 0.0826 e. The Balaban J connectivity index is 2.92. The van der Waals surface area contributed by atoms with Crippen molar-refractivity contribution in [3.05, 3.63) is 6.92 Å². The summed E-state index contributed by atoms with van der Waals surface area (Å²) in [5, 5.41) is 0. The number of halogens is 1. The third-order valence-corrected chi connectivity index (χ3v) is 2.36. The van der Waals surface area contributed by atoms with Crippen LogP contribution in [0.4, 0.5) is 0 Å². The van der Waals surface area contributed by atoms with Crippen molar-refractivity contribution in [1.29, 1.82) is 0 Å². The molecule has 8 heavy (non-hydrogen) atoms. The Morgan fingerprint density at radius 1 is 1.50 bits per heavy atom. The van der Waals surface area contributed by atoms with Gasteiger partial charge in [0, 0.05) is 3.92 Å². The van der Waals surface area contributed by atoms with Crippen LogP contribution in [0, 0.1) is 6.92 Å². The third kappa shape index (κ3) is 4.88. The lowest BCUT2D eigenvalue weighted by Crippen LogP contribution is -1.94. The molecule has 0 N–H and O–H groups in total. The first-order valence-electron chi connectivity index (χ1n) is 3.24. The van der Waals surface area contributed by atoms with Gasteiger partial charge in [-0.3, -0.25) is 0 Å². The fourth-order valence-electron chi connectivity index (χ4n) is 0.679. The van der Waals surface area contributed by atoms with E-state index in [4.69, 9.17) is 0 Å². The van der Waals surface area contributed by atoms with Crippen LogP contribution in [-0.4, -0.2) is 3.92 Å². The summed E-state index contributed by atoms with van der Waals surface area (Å²) in [5.41, 5.74) is 0. The summed E-state index contributed by atoms with van der Waals surface area (Å²) in [4.78, 5) is 0. The second-order valence-corrected chi connectivity index (χ2v) is 3.79. The molecule has 0 bridgehead atoms. The van der Waals surface area contributed by atoms with Gasteiger partial charge in [-0.1, -0.05) is 49.3 Å². The fourth-order valence-corrected chi connectivity index (χ4v) is 1.74. The van der Waals surface area contributed by atoms with Gasteiger partial charge in [0.25, 0.3) is 0 Å². The monoisotopic (exact) mass is 225 g/mol. The van der Waals surface area contributed by atoms with Gasteiger partial charge in [-0.05, 0) is 12.8 Å². The van der Waals surface area contributed by atoms with E-state index < -0.39 is 0 Å². The molecule has 0 aromatic heterocycles. The minimum absolute atomic E-state index is 0.870. The molecule has 49 valence electrons. The predicted octanol–water partition coefficient (Wildman–Crippen LogP) is 3.20. The smallest absolute Gasteiger partial charge is 0.0109 e. The van der Waals surface area contributed by atoms with Crippen molar-refractivity contribution in [2.24, 2.45) is 0 Å². The SMILES string of the molecule is [CH2]CCC(I)CCC. The summed E-state index contributed by atoms with van der Waals surface area (Å²) in [6.45, 7) is 6.03. The molecule has 0 aliphatic heterocycles. The molecule has 0 spiro atoms. The van der Waals surface area contributed by atoms with E-state index in [0.717, 1.165) is 10.3 Å². The van der Waals surface area contributed by atoms with E-state index in [0.29, 0.717) is 0 Å². The number of rotatable bonds is 4. The van der Waals surface area contributed by atoms with Gasteiger partial charge in [0.2, 0.25) is 0 Å². The zero-order valence-corrected chi connectivity index (χ0v) is 7.65. The molecule has 1 heteroatoms. The van der Waals surface area contributed by atoms with E-state index in [9.17, 15) is 0 Å². The molecule has 0 amide bonds. The molecule has 1 unspecified atom stereocenters. The Labute approximate surface area is 66.2 Å². The van der Waals surface area contributed by atoms with Crippen LogP contribution in [0.2, 0.25) is 0 Å². The Morgan fingerprint density at radius 2 is 2.12 bits per heavy atom. The Kier molecular flexibility index (Phi) is 6.39. The average molecular weight is 225 g/mol. The summed E-state index contributed by atoms with van der Waals surface area (Å²) in [6, 6.07) is 0. The zero-order chi connectivity index (χ0) is 6.41. The molecule has 0 rings (SSSR count). The van der Waals surface area contributed by atoms with Gasteiger partial charge in [0.05, 0.1) is 0 Å². The van der Waals surface area contributed by atoms with E-state index in [1.165, 1.54) is 19.3 Å². The van der Waals surface area contributed by atoms with Gasteiger partial charge in [-0.2, -0.15) is 0 Å². The van der Waals surface area contributed by atoms with Crippen molar-refractivity contribution >= 4 is 22.6 Å². The Bertz CT molecular complexity index is 37.7. The van der Waals surface area contributed by atoms with Crippen LogP contribution < -0.4 is 0 Å². The van der Waals surface area contributed by atoms with Gasteiger partial charge >= 0.3 is 0 Å². The van der Waals surface area contributed by atoms with Crippen molar-refractivity contribution in [2.75, 3.05) is 0 Å². The molecule has 0 saturated carbocycles. The predicted molar refractivity (Wildman–Crippen MR) is 47.3 cm³/mol. The van der Waals surface area contributed by atoms with Crippen molar-refractivity contribution in [3.63, 3.8) is 0 Å². The third-order valence-electron chi connectivity index (χ3n) is 1.12. The Morgan fingerprint density at radius 3 is 2.50 bits per heavy atom. The lowest BCUT2D eigenvalue weighted by molar-refractivity contribution is 0.711. The van der Waals surface area contributed by atoms with Crippen molar-refractivity contribution in [3.8, 4) is 0 Å². The fraction of sp³-hybridized carbons (Fsp3) is 0.857. The van der Waals surface area contributed by atoms with E-state index in [1.807, 2.05) is 0 Å². The molecule has 0 aliphatic rings. The Hall–Kier alpha value is 0.730. The maximum atomic E-state index is 3.80. The van der Waals surface area contributed by atoms with Crippen LogP contribution in [0.5, 0.6) is 0 Å². The molecular formula is C7H14I. The molecular weight excluding hydrogens is 211 g/mol. The first-order chi connectivity index (χ1) is 3.81. The first-order valence-corrected chi connectivity index (χ1v) is 4.49. The van der Waals surface area contributed by atoms with Crippen molar-refractivity contribution < 1.29 is 0 Å². The minimum atomic E-state index is 0.870. The minimum Gasteiger partial charge on any atom is -0.0826 e. The van der Waals surface area contributed by atoms with Gasteiger partial charge < -0.3 is 0 Å². The quantitative estimate of drug-likeness (QED) is 0.509. The van der Waals surface area contributed by atoms with Crippen LogP contribution in [0.15, 0.2) is 0 Å². The average Bonchev–Trinajstić information content (AvgIpc) is 1.68. The topological polar surface area (TPSA) is 0 Å². The highest BCUT2D eigenvalue weighted by atomic mass is 127. The second kappa shape index (κ2) is 5.86. The normalized spacial score (nSPS) is 10.5. The number of hydrogen-bond acceptors (Lipinski definition) is 0. The van der Waals surface area contributed by atoms with E-state index >= 15 is 0 Å². The molecule has 0 aliphatic carbocycles. The summed E-state index contributed by atoms with van der Waals surface area (Å²) in [7, 11) is 0. The molecule has 1 atom stereocenters. The standard InChI is InChI=1S/C7H14I/c1-3-5-7(8)6-4-2/h7H,1,3-6H2,2H3. The zero-order valence-electron chi connectivity index (χ0n) is 5.49. The summed E-state index contributed by atoms with van der Waals surface area (Å²) in [6.07, 6.45) is 5.05. The molecule has 0 nitrogen and oxygen atoms in total. The molecule has 0 aromatic carbocycles. The molecule has 1 radical (unpaired) electrons. The first kappa shape index (κ1) is 8.73. The summed E-state index contributed by atoms with van der Waals surface area (Å²) in [5.74, 6) is 0. The van der Waals surface area contributed by atoms with Crippen LogP contribution in [0.3, 0.4) is 0 Å². The highest BCUT2D eigenvalue weighted by Gasteiger charge is 1.97. The van der Waals surface area contributed by atoms with Gasteiger partial charge in [0.15, 0.2) is 0 Å². The summed E-state index contributed by atoms with van der Waals surface area (Å²) >= 11 is 2.50. The van der Waals surface area contributed by atoms with Gasteiger partial charge in [-0.25, -0.2) is 0 Å². The van der Waals surface area contributed by atoms with Crippen molar-refractivity contribution in [1.82, 2.24) is 0 Å². The maximum Gasteiger partial charge on any atom is 0.0109 e. The van der Waals surface area contributed by atoms with E-state index in [2.05, 4.69) is 36.4 Å². The molecule has 0 aromatic rings. The van der Waals surface area contributed by atoms with E-state index in [-0.39, 0.29) is 0 Å². The van der Waals surface area contributed by atoms with Crippen LogP contribution in [0.25, 0.3) is 0 Å². The number of hydrogen-bond donors (Lipinski definition) is 0. The second-order valence-electron chi connectivity index (χ2n) is 2.03. The lowest BCUT2D eigenvalue weighted by atomic mass is 10.2. The molecule has 0 heterocycles. The highest BCUT2D eigenvalue weighted by Crippen LogP contribution is 2.13. The lowest BCUT2D eigenvalue weighted by Gasteiger charge is -2.03. The van der Waals surface area contributed by atoms with Gasteiger partial charge in [0.1, 0.15) is 0 Å². The van der Waals surface area contributed by atoms with Gasteiger partial charge in [-0.15, -0.1) is 0 Å². The van der Waals surface area contributed by atoms with Crippen molar-refractivity contribution in [2.45, 2.75) is 36.5 Å². The van der Waals surface area contributed by atoms with Crippen LogP contribution >= 0.6 is 22.6 Å². The number of alkyl halides is 1. The molecule has 0 fully saturated rings. The maximum absolute atomic E-state index is 3.80. The van der Waals surface area contributed by atoms with E-state index in [1.54, 1.807) is 0 Å². The molecule has 0 saturated heterocycles. The highest BCUT2D eigenvalue weighted by molar-refractivity contribution is 14.1. The van der Waals surface area contributed by atoms with Crippen LogP contribution in [0.1, 0.15) is 32.6 Å².